The molecular weight excluding hydrogens is 222 g/mol. The van der Waals surface area contributed by atoms with Crippen molar-refractivity contribution in [3.05, 3.63) is 41.5 Å². The summed E-state index contributed by atoms with van der Waals surface area (Å²) in [6.07, 6.45) is 8.01. The van der Waals surface area contributed by atoms with Crippen molar-refractivity contribution in [2.24, 2.45) is 5.92 Å². The maximum absolute atomic E-state index is 5.50. The van der Waals surface area contributed by atoms with Crippen molar-refractivity contribution >= 4 is 0 Å². The standard InChI is InChI=1S/C16H21NO/c1-3-5-13-8-12-9-14-11(10-15(12)17-13)6-4-7-16(14)18-2/h3-7,12-13,15,17H,8-10H2,1-2H3/b5-3+. The molecule has 0 aromatic heterocycles. The zero-order chi connectivity index (χ0) is 12.5. The molecule has 18 heavy (non-hydrogen) atoms. The van der Waals surface area contributed by atoms with Crippen molar-refractivity contribution in [1.82, 2.24) is 5.32 Å². The summed E-state index contributed by atoms with van der Waals surface area (Å²) < 4.78 is 5.50. The second-order valence-corrected chi connectivity index (χ2v) is 5.41. The molecule has 3 rings (SSSR count). The number of hydrogen-bond donors (Lipinski definition) is 1. The van der Waals surface area contributed by atoms with Gasteiger partial charge < -0.3 is 10.1 Å². The minimum absolute atomic E-state index is 0.560. The van der Waals surface area contributed by atoms with Gasteiger partial charge in [0.05, 0.1) is 7.11 Å². The fourth-order valence-electron chi connectivity index (χ4n) is 3.51. The zero-order valence-electron chi connectivity index (χ0n) is 11.1. The van der Waals surface area contributed by atoms with Gasteiger partial charge in [-0.05, 0) is 49.3 Å². The molecule has 3 unspecified atom stereocenters. The highest BCUT2D eigenvalue weighted by Crippen LogP contribution is 2.37. The lowest BCUT2D eigenvalue weighted by molar-refractivity contribution is 0.379. The van der Waals surface area contributed by atoms with E-state index in [9.17, 15) is 0 Å². The SMILES string of the molecule is C/C=C/C1CC2Cc3c(cccc3OC)CC2N1. The van der Waals surface area contributed by atoms with Gasteiger partial charge in [-0.25, -0.2) is 0 Å². The number of allylic oxidation sites excluding steroid dienone is 1. The molecule has 2 nitrogen and oxygen atoms in total. The fraction of sp³-hybridized carbons (Fsp3) is 0.500. The third-order valence-corrected chi connectivity index (χ3v) is 4.33. The van der Waals surface area contributed by atoms with Gasteiger partial charge in [0.1, 0.15) is 5.75 Å². The van der Waals surface area contributed by atoms with Crippen molar-refractivity contribution in [2.45, 2.75) is 38.3 Å². The van der Waals surface area contributed by atoms with Crippen molar-refractivity contribution in [3.63, 3.8) is 0 Å². The monoisotopic (exact) mass is 243 g/mol. The molecule has 0 radical (unpaired) electrons. The first kappa shape index (κ1) is 11.8. The second-order valence-electron chi connectivity index (χ2n) is 5.41. The van der Waals surface area contributed by atoms with Gasteiger partial charge in [0, 0.05) is 12.1 Å². The normalized spacial score (nSPS) is 30.2. The van der Waals surface area contributed by atoms with Crippen LogP contribution in [0, 0.1) is 5.92 Å². The Bertz CT molecular complexity index is 466. The zero-order valence-corrected chi connectivity index (χ0v) is 11.1. The van der Waals surface area contributed by atoms with Gasteiger partial charge in [0.15, 0.2) is 0 Å². The first-order valence-electron chi connectivity index (χ1n) is 6.85. The molecule has 0 spiro atoms. The lowest BCUT2D eigenvalue weighted by Crippen LogP contribution is -2.36. The number of hydrogen-bond acceptors (Lipinski definition) is 2. The van der Waals surface area contributed by atoms with Crippen LogP contribution in [0.15, 0.2) is 30.4 Å². The molecule has 1 N–H and O–H groups in total. The van der Waals surface area contributed by atoms with E-state index in [1.54, 1.807) is 7.11 Å². The summed E-state index contributed by atoms with van der Waals surface area (Å²) in [5, 5.41) is 3.74. The van der Waals surface area contributed by atoms with Crippen molar-refractivity contribution in [3.8, 4) is 5.75 Å². The van der Waals surface area contributed by atoms with Crippen LogP contribution in [0.3, 0.4) is 0 Å². The molecule has 1 saturated heterocycles. The van der Waals surface area contributed by atoms with Crippen molar-refractivity contribution < 1.29 is 4.74 Å². The Kier molecular flexibility index (Phi) is 3.13. The van der Waals surface area contributed by atoms with Gasteiger partial charge in [0.25, 0.3) is 0 Å². The quantitative estimate of drug-likeness (QED) is 0.806. The summed E-state index contributed by atoms with van der Waals surface area (Å²) in [6.45, 7) is 2.10. The van der Waals surface area contributed by atoms with Crippen LogP contribution in [0.2, 0.25) is 0 Å². The lowest BCUT2D eigenvalue weighted by Gasteiger charge is -2.28. The predicted molar refractivity (Wildman–Crippen MR) is 74.0 cm³/mol. The molecule has 96 valence electrons. The van der Waals surface area contributed by atoms with Crippen molar-refractivity contribution in [2.75, 3.05) is 7.11 Å². The van der Waals surface area contributed by atoms with Gasteiger partial charge in [-0.15, -0.1) is 0 Å². The molecule has 1 aliphatic heterocycles. The summed E-state index contributed by atoms with van der Waals surface area (Å²) in [6, 6.07) is 7.65. The first-order chi connectivity index (χ1) is 8.81. The second kappa shape index (κ2) is 4.77. The van der Waals surface area contributed by atoms with Gasteiger partial charge in [-0.1, -0.05) is 24.3 Å². The van der Waals surface area contributed by atoms with E-state index in [4.69, 9.17) is 4.74 Å². The van der Waals surface area contributed by atoms with E-state index >= 15 is 0 Å². The summed E-state index contributed by atoms with van der Waals surface area (Å²) in [7, 11) is 1.78. The average Bonchev–Trinajstić information content (AvgIpc) is 2.77. The van der Waals surface area contributed by atoms with Crippen molar-refractivity contribution in [1.29, 1.82) is 0 Å². The van der Waals surface area contributed by atoms with Crippen LogP contribution in [0.4, 0.5) is 0 Å². The minimum atomic E-state index is 0.560. The van der Waals surface area contributed by atoms with E-state index in [1.807, 2.05) is 0 Å². The Morgan fingerprint density at radius 2 is 2.22 bits per heavy atom. The van der Waals surface area contributed by atoms with Gasteiger partial charge in [0.2, 0.25) is 0 Å². The molecule has 1 aromatic carbocycles. The number of benzene rings is 1. The van der Waals surface area contributed by atoms with Gasteiger partial charge in [-0.3, -0.25) is 0 Å². The number of methoxy groups -OCH3 is 1. The minimum Gasteiger partial charge on any atom is -0.496 e. The highest BCUT2D eigenvalue weighted by Gasteiger charge is 2.36. The Balaban J connectivity index is 1.85. The smallest absolute Gasteiger partial charge is 0.122 e. The fourth-order valence-corrected chi connectivity index (χ4v) is 3.51. The van der Waals surface area contributed by atoms with Crippen LogP contribution in [-0.4, -0.2) is 19.2 Å². The van der Waals surface area contributed by atoms with E-state index in [2.05, 4.69) is 42.6 Å². The van der Waals surface area contributed by atoms with Crippen LogP contribution in [0.25, 0.3) is 0 Å². The maximum atomic E-state index is 5.50. The number of ether oxygens (including phenoxy) is 1. The summed E-state index contributed by atoms with van der Waals surface area (Å²) in [5.41, 5.74) is 2.90. The molecule has 3 atom stereocenters. The molecule has 0 amide bonds. The molecule has 2 aliphatic rings. The van der Waals surface area contributed by atoms with E-state index in [0.717, 1.165) is 24.5 Å². The third kappa shape index (κ3) is 1.95. The van der Waals surface area contributed by atoms with Crippen LogP contribution in [0.5, 0.6) is 5.75 Å². The average molecular weight is 243 g/mol. The highest BCUT2D eigenvalue weighted by molar-refractivity contribution is 5.43. The Morgan fingerprint density at radius 3 is 3.00 bits per heavy atom. The van der Waals surface area contributed by atoms with Crippen LogP contribution in [0.1, 0.15) is 24.5 Å². The van der Waals surface area contributed by atoms with Crippen LogP contribution in [-0.2, 0) is 12.8 Å². The third-order valence-electron chi connectivity index (χ3n) is 4.33. The molecule has 1 aliphatic carbocycles. The first-order valence-corrected chi connectivity index (χ1v) is 6.85. The number of rotatable bonds is 2. The molecule has 1 fully saturated rings. The number of fused-ring (bicyclic) bond motifs is 2. The van der Waals surface area contributed by atoms with E-state index in [0.29, 0.717) is 12.1 Å². The topological polar surface area (TPSA) is 21.3 Å². The predicted octanol–water partition coefficient (Wildman–Crippen LogP) is 2.72. The number of nitrogens with one attached hydrogen (secondary N) is 1. The van der Waals surface area contributed by atoms with E-state index < -0.39 is 0 Å². The summed E-state index contributed by atoms with van der Waals surface area (Å²) in [5.74, 6) is 1.83. The molecule has 1 heterocycles. The maximum Gasteiger partial charge on any atom is 0.122 e. The Morgan fingerprint density at radius 1 is 1.33 bits per heavy atom. The van der Waals surface area contributed by atoms with Crippen LogP contribution >= 0.6 is 0 Å². The lowest BCUT2D eigenvalue weighted by atomic mass is 9.80. The van der Waals surface area contributed by atoms with Crippen LogP contribution < -0.4 is 10.1 Å². The Hall–Kier alpha value is -1.28. The van der Waals surface area contributed by atoms with Gasteiger partial charge in [-0.2, -0.15) is 0 Å². The molecule has 0 bridgehead atoms. The molecule has 2 heteroatoms. The summed E-state index contributed by atoms with van der Waals surface area (Å²) >= 11 is 0. The molecule has 1 aromatic rings. The Labute approximate surface area is 109 Å². The molecular formula is C16H21NO. The highest BCUT2D eigenvalue weighted by atomic mass is 16.5. The van der Waals surface area contributed by atoms with E-state index in [-0.39, 0.29) is 0 Å². The van der Waals surface area contributed by atoms with Gasteiger partial charge >= 0.3 is 0 Å². The molecule has 0 saturated carbocycles. The summed E-state index contributed by atoms with van der Waals surface area (Å²) in [4.78, 5) is 0. The largest absolute Gasteiger partial charge is 0.496 e. The van der Waals surface area contributed by atoms with E-state index in [1.165, 1.54) is 17.5 Å².